The van der Waals surface area contributed by atoms with Crippen LogP contribution in [-0.4, -0.2) is 18.1 Å². The Morgan fingerprint density at radius 2 is 1.74 bits per heavy atom. The molecule has 2 aromatic rings. The molecular formula is C20H24N2O. The molecule has 1 fully saturated rings. The Morgan fingerprint density at radius 3 is 2.35 bits per heavy atom. The second-order valence-corrected chi connectivity index (χ2v) is 7.90. The summed E-state index contributed by atoms with van der Waals surface area (Å²) >= 11 is 0. The summed E-state index contributed by atoms with van der Waals surface area (Å²) in [5.74, 6) is 0.525. The molecule has 0 radical (unpaired) electrons. The normalized spacial score (nSPS) is 17.4. The third-order valence-corrected chi connectivity index (χ3v) is 5.32. The van der Waals surface area contributed by atoms with Gasteiger partial charge < -0.3 is 9.88 Å². The molecule has 120 valence electrons. The Hall–Kier alpha value is -2.03. The standard InChI is InChI=1S/C20H24N2O/c1-20(2,3)15-6-4-13(5-7-15)16-12-17(23)21-18-14-8-10-22(11-9-14)19(16)18/h4-7,12,14H,8-11H2,1-3H3,(H,21,23). The van der Waals surface area contributed by atoms with E-state index in [1.807, 2.05) is 0 Å². The number of fused-ring (bicyclic) bond motifs is 2. The van der Waals surface area contributed by atoms with Crippen LogP contribution in [-0.2, 0) is 5.41 Å². The van der Waals surface area contributed by atoms with Gasteiger partial charge in [-0.15, -0.1) is 0 Å². The van der Waals surface area contributed by atoms with Crippen molar-refractivity contribution in [2.75, 3.05) is 18.0 Å². The van der Waals surface area contributed by atoms with Crippen LogP contribution in [0.3, 0.4) is 0 Å². The lowest BCUT2D eigenvalue weighted by atomic mass is 9.83. The van der Waals surface area contributed by atoms with Gasteiger partial charge in [0.25, 0.3) is 0 Å². The molecule has 1 N–H and O–H groups in total. The van der Waals surface area contributed by atoms with E-state index in [0.717, 1.165) is 42.8 Å². The van der Waals surface area contributed by atoms with E-state index in [1.165, 1.54) is 11.3 Å². The number of pyridine rings is 1. The van der Waals surface area contributed by atoms with Crippen LogP contribution in [0.1, 0.15) is 50.8 Å². The number of hydrogen-bond acceptors (Lipinski definition) is 2. The molecule has 0 amide bonds. The minimum atomic E-state index is 0.0207. The van der Waals surface area contributed by atoms with Crippen molar-refractivity contribution < 1.29 is 0 Å². The highest BCUT2D eigenvalue weighted by molar-refractivity contribution is 5.81. The minimum Gasteiger partial charge on any atom is -0.370 e. The van der Waals surface area contributed by atoms with Crippen LogP contribution in [0.2, 0.25) is 0 Å². The van der Waals surface area contributed by atoms with Gasteiger partial charge in [-0.05, 0) is 29.4 Å². The minimum absolute atomic E-state index is 0.0207. The highest BCUT2D eigenvalue weighted by Gasteiger charge is 2.33. The average molecular weight is 308 g/mol. The summed E-state index contributed by atoms with van der Waals surface area (Å²) in [6.45, 7) is 8.89. The van der Waals surface area contributed by atoms with E-state index in [0.29, 0.717) is 5.92 Å². The zero-order valence-electron chi connectivity index (χ0n) is 14.1. The lowest BCUT2D eigenvalue weighted by molar-refractivity contribution is 0.463. The van der Waals surface area contributed by atoms with E-state index in [4.69, 9.17) is 0 Å². The maximum atomic E-state index is 12.2. The molecule has 4 heterocycles. The van der Waals surface area contributed by atoms with Crippen LogP contribution in [0, 0.1) is 0 Å². The first-order valence-corrected chi connectivity index (χ1v) is 8.56. The summed E-state index contributed by atoms with van der Waals surface area (Å²) in [5.41, 5.74) is 6.14. The Bertz CT molecular complexity index is 788. The molecule has 3 heteroatoms. The maximum absolute atomic E-state index is 12.2. The van der Waals surface area contributed by atoms with E-state index >= 15 is 0 Å². The number of nitrogens with zero attached hydrogens (tertiary/aromatic N) is 1. The Labute approximate surface area is 137 Å². The van der Waals surface area contributed by atoms with Crippen LogP contribution >= 0.6 is 0 Å². The average Bonchev–Trinajstić information content (AvgIpc) is 2.54. The number of aromatic nitrogens is 1. The first-order valence-electron chi connectivity index (χ1n) is 8.56. The number of piperidine rings is 1. The zero-order valence-corrected chi connectivity index (χ0v) is 14.1. The third kappa shape index (κ3) is 2.39. The highest BCUT2D eigenvalue weighted by atomic mass is 16.1. The van der Waals surface area contributed by atoms with Crippen LogP contribution in [0.15, 0.2) is 35.1 Å². The fourth-order valence-electron chi connectivity index (χ4n) is 3.97. The van der Waals surface area contributed by atoms with Crippen molar-refractivity contribution in [1.29, 1.82) is 0 Å². The van der Waals surface area contributed by atoms with E-state index < -0.39 is 0 Å². The number of H-pyrrole nitrogens is 1. The van der Waals surface area contributed by atoms with E-state index in [-0.39, 0.29) is 11.0 Å². The number of anilines is 1. The topological polar surface area (TPSA) is 36.1 Å². The van der Waals surface area contributed by atoms with Crippen molar-refractivity contribution in [2.45, 2.75) is 44.9 Å². The number of nitrogens with one attached hydrogen (secondary N) is 1. The number of hydrogen-bond donors (Lipinski definition) is 1. The molecule has 2 bridgehead atoms. The van der Waals surface area contributed by atoms with E-state index in [2.05, 4.69) is 54.9 Å². The molecule has 0 spiro atoms. The lowest BCUT2D eigenvalue weighted by Crippen LogP contribution is -2.40. The third-order valence-electron chi connectivity index (χ3n) is 5.32. The molecule has 3 aliphatic heterocycles. The van der Waals surface area contributed by atoms with Crippen LogP contribution in [0.25, 0.3) is 11.1 Å². The van der Waals surface area contributed by atoms with Crippen molar-refractivity contribution in [1.82, 2.24) is 4.98 Å². The van der Waals surface area contributed by atoms with Gasteiger partial charge in [0.05, 0.1) is 5.69 Å². The van der Waals surface area contributed by atoms with Crippen molar-refractivity contribution in [3.8, 4) is 11.1 Å². The SMILES string of the molecule is CC(C)(C)c1ccc(-c2cc(=O)[nH]c3c2N2CCC3CC2)cc1. The summed E-state index contributed by atoms with van der Waals surface area (Å²) < 4.78 is 0. The van der Waals surface area contributed by atoms with Crippen molar-refractivity contribution in [3.05, 3.63) is 51.9 Å². The number of aromatic amines is 1. The van der Waals surface area contributed by atoms with Crippen molar-refractivity contribution in [2.24, 2.45) is 0 Å². The number of rotatable bonds is 1. The van der Waals surface area contributed by atoms with Gasteiger partial charge in [0, 0.05) is 36.3 Å². The van der Waals surface area contributed by atoms with Crippen LogP contribution in [0.4, 0.5) is 5.69 Å². The Balaban J connectivity index is 1.85. The van der Waals surface area contributed by atoms with Gasteiger partial charge in [-0.1, -0.05) is 45.0 Å². The fourth-order valence-corrected chi connectivity index (χ4v) is 3.97. The van der Waals surface area contributed by atoms with Crippen LogP contribution in [0.5, 0.6) is 0 Å². The van der Waals surface area contributed by atoms with Gasteiger partial charge in [-0.2, -0.15) is 0 Å². The second kappa shape index (κ2) is 4.98. The Morgan fingerprint density at radius 1 is 1.09 bits per heavy atom. The molecule has 23 heavy (non-hydrogen) atoms. The molecule has 3 nitrogen and oxygen atoms in total. The van der Waals surface area contributed by atoms with Gasteiger partial charge in [-0.25, -0.2) is 0 Å². The van der Waals surface area contributed by atoms with Gasteiger partial charge >= 0.3 is 0 Å². The predicted molar refractivity (Wildman–Crippen MR) is 95.4 cm³/mol. The molecular weight excluding hydrogens is 284 g/mol. The first-order chi connectivity index (χ1) is 10.9. The number of benzene rings is 1. The van der Waals surface area contributed by atoms with Crippen LogP contribution < -0.4 is 10.5 Å². The molecule has 0 atom stereocenters. The van der Waals surface area contributed by atoms with Gasteiger partial charge in [0.2, 0.25) is 5.56 Å². The molecule has 1 saturated heterocycles. The summed E-state index contributed by atoms with van der Waals surface area (Å²) in [6, 6.07) is 10.5. The summed E-state index contributed by atoms with van der Waals surface area (Å²) in [7, 11) is 0. The first kappa shape index (κ1) is 14.6. The fraction of sp³-hybridized carbons (Fsp3) is 0.450. The molecule has 0 aliphatic carbocycles. The lowest BCUT2D eigenvalue weighted by Gasteiger charge is -2.42. The largest absolute Gasteiger partial charge is 0.370 e. The molecule has 0 unspecified atom stereocenters. The monoisotopic (exact) mass is 308 g/mol. The smallest absolute Gasteiger partial charge is 0.248 e. The molecule has 5 rings (SSSR count). The molecule has 3 aliphatic rings. The Kier molecular flexibility index (Phi) is 3.15. The van der Waals surface area contributed by atoms with Crippen molar-refractivity contribution >= 4 is 5.69 Å². The summed E-state index contributed by atoms with van der Waals surface area (Å²) in [4.78, 5) is 17.7. The van der Waals surface area contributed by atoms with Gasteiger partial charge in [0.15, 0.2) is 0 Å². The molecule has 0 saturated carbocycles. The summed E-state index contributed by atoms with van der Waals surface area (Å²) in [5, 5.41) is 0. The van der Waals surface area contributed by atoms with Crippen molar-refractivity contribution in [3.63, 3.8) is 0 Å². The summed E-state index contributed by atoms with van der Waals surface area (Å²) in [6.07, 6.45) is 2.32. The van der Waals surface area contributed by atoms with Gasteiger partial charge in [-0.3, -0.25) is 4.79 Å². The highest BCUT2D eigenvalue weighted by Crippen LogP contribution is 2.45. The zero-order chi connectivity index (χ0) is 16.2. The van der Waals surface area contributed by atoms with E-state index in [1.54, 1.807) is 6.07 Å². The molecule has 1 aromatic heterocycles. The van der Waals surface area contributed by atoms with Gasteiger partial charge in [0.1, 0.15) is 0 Å². The second-order valence-electron chi connectivity index (χ2n) is 7.90. The quantitative estimate of drug-likeness (QED) is 0.863. The maximum Gasteiger partial charge on any atom is 0.248 e. The molecule has 1 aromatic carbocycles. The predicted octanol–water partition coefficient (Wildman–Crippen LogP) is 4.04. The van der Waals surface area contributed by atoms with E-state index in [9.17, 15) is 4.79 Å².